The number of likely N-dealkylation sites (N-methyl/N-ethyl adjacent to an activating group) is 1. The third kappa shape index (κ3) is 3.68. The standard InChI is InChI=1S/C8H14F2N2O2/c1-4-12(3)8(14)5(2)11-7(13)6(9)10/h5-6H,4H2,1-3H3,(H,11,13). The Morgan fingerprint density at radius 2 is 1.93 bits per heavy atom. The topological polar surface area (TPSA) is 49.4 Å². The molecule has 0 rings (SSSR count). The van der Waals surface area contributed by atoms with E-state index in [2.05, 4.69) is 0 Å². The van der Waals surface area contributed by atoms with E-state index in [0.717, 1.165) is 0 Å². The molecule has 82 valence electrons. The molecule has 1 N–H and O–H groups in total. The van der Waals surface area contributed by atoms with Crippen LogP contribution in [0.3, 0.4) is 0 Å². The van der Waals surface area contributed by atoms with Crippen LogP contribution in [0.15, 0.2) is 0 Å². The van der Waals surface area contributed by atoms with E-state index in [9.17, 15) is 18.4 Å². The van der Waals surface area contributed by atoms with E-state index in [1.54, 1.807) is 6.92 Å². The maximum atomic E-state index is 11.8. The Hall–Kier alpha value is -1.20. The smallest absolute Gasteiger partial charge is 0.315 e. The van der Waals surface area contributed by atoms with E-state index in [-0.39, 0.29) is 5.91 Å². The highest BCUT2D eigenvalue weighted by Crippen LogP contribution is 1.96. The lowest BCUT2D eigenvalue weighted by atomic mass is 10.3. The van der Waals surface area contributed by atoms with Crippen LogP contribution in [0.5, 0.6) is 0 Å². The second-order valence-electron chi connectivity index (χ2n) is 2.88. The minimum Gasteiger partial charge on any atom is -0.344 e. The molecule has 0 aromatic carbocycles. The van der Waals surface area contributed by atoms with Gasteiger partial charge >= 0.3 is 6.43 Å². The molecule has 0 aromatic rings. The fraction of sp³-hybridized carbons (Fsp3) is 0.750. The first-order chi connectivity index (χ1) is 6.40. The zero-order valence-corrected chi connectivity index (χ0v) is 8.38. The van der Waals surface area contributed by atoms with Crippen molar-refractivity contribution in [2.45, 2.75) is 26.3 Å². The predicted octanol–water partition coefficient (Wildman–Crippen LogP) is 0.234. The van der Waals surface area contributed by atoms with Crippen LogP contribution in [0, 0.1) is 0 Å². The van der Waals surface area contributed by atoms with Gasteiger partial charge in [-0.1, -0.05) is 0 Å². The molecule has 0 bridgehead atoms. The number of rotatable bonds is 4. The summed E-state index contributed by atoms with van der Waals surface area (Å²) in [5.41, 5.74) is 0. The summed E-state index contributed by atoms with van der Waals surface area (Å²) in [4.78, 5) is 23.2. The molecule has 0 aliphatic heterocycles. The molecule has 0 heterocycles. The lowest BCUT2D eigenvalue weighted by Crippen LogP contribution is -2.47. The molecule has 6 heteroatoms. The van der Waals surface area contributed by atoms with Crippen LogP contribution < -0.4 is 5.32 Å². The second kappa shape index (κ2) is 5.51. The quantitative estimate of drug-likeness (QED) is 0.719. The molecule has 4 nitrogen and oxygen atoms in total. The summed E-state index contributed by atoms with van der Waals surface area (Å²) in [5, 5.41) is 1.91. The zero-order valence-electron chi connectivity index (χ0n) is 8.38. The molecule has 0 saturated carbocycles. The number of alkyl halides is 2. The van der Waals surface area contributed by atoms with Gasteiger partial charge in [0.15, 0.2) is 0 Å². The van der Waals surface area contributed by atoms with Crippen molar-refractivity contribution in [3.63, 3.8) is 0 Å². The number of carbonyl (C=O) groups is 2. The largest absolute Gasteiger partial charge is 0.344 e. The average Bonchev–Trinajstić information content (AvgIpc) is 2.14. The van der Waals surface area contributed by atoms with Crippen LogP contribution in [0.2, 0.25) is 0 Å². The molecule has 14 heavy (non-hydrogen) atoms. The fourth-order valence-electron chi connectivity index (χ4n) is 0.825. The Kier molecular flexibility index (Phi) is 5.04. The Labute approximate surface area is 81.3 Å². The summed E-state index contributed by atoms with van der Waals surface area (Å²) < 4.78 is 23.6. The number of nitrogens with zero attached hydrogens (tertiary/aromatic N) is 1. The van der Waals surface area contributed by atoms with Gasteiger partial charge in [-0.05, 0) is 13.8 Å². The first-order valence-corrected chi connectivity index (χ1v) is 4.23. The SMILES string of the molecule is CCN(C)C(=O)C(C)NC(=O)C(F)F. The Balaban J connectivity index is 4.14. The van der Waals surface area contributed by atoms with Gasteiger partial charge in [0.25, 0.3) is 5.91 Å². The minimum absolute atomic E-state index is 0.387. The number of halogens is 2. The monoisotopic (exact) mass is 208 g/mol. The fourth-order valence-corrected chi connectivity index (χ4v) is 0.825. The van der Waals surface area contributed by atoms with Gasteiger partial charge in [-0.2, -0.15) is 8.78 Å². The van der Waals surface area contributed by atoms with Crippen LogP contribution in [-0.2, 0) is 9.59 Å². The van der Waals surface area contributed by atoms with Gasteiger partial charge in [-0.3, -0.25) is 9.59 Å². The van der Waals surface area contributed by atoms with E-state index in [1.807, 2.05) is 5.32 Å². The van der Waals surface area contributed by atoms with Crippen LogP contribution in [0.4, 0.5) is 8.78 Å². The van der Waals surface area contributed by atoms with E-state index >= 15 is 0 Å². The van der Waals surface area contributed by atoms with E-state index < -0.39 is 18.4 Å². The summed E-state index contributed by atoms with van der Waals surface area (Å²) in [6, 6.07) is -0.915. The van der Waals surface area contributed by atoms with Crippen LogP contribution >= 0.6 is 0 Å². The molecule has 0 spiro atoms. The first-order valence-electron chi connectivity index (χ1n) is 4.23. The molecule has 0 saturated heterocycles. The predicted molar refractivity (Wildman–Crippen MR) is 46.9 cm³/mol. The van der Waals surface area contributed by atoms with Crippen molar-refractivity contribution in [1.29, 1.82) is 0 Å². The first kappa shape index (κ1) is 12.8. The molecule has 1 unspecified atom stereocenters. The lowest BCUT2D eigenvalue weighted by Gasteiger charge is -2.20. The molecule has 0 fully saturated rings. The number of nitrogens with one attached hydrogen (secondary N) is 1. The van der Waals surface area contributed by atoms with Crippen LogP contribution in [-0.4, -0.2) is 42.8 Å². The minimum atomic E-state index is -3.09. The van der Waals surface area contributed by atoms with Crippen molar-refractivity contribution >= 4 is 11.8 Å². The number of amides is 2. The molecule has 0 aromatic heterocycles. The van der Waals surface area contributed by atoms with Gasteiger partial charge in [-0.15, -0.1) is 0 Å². The van der Waals surface area contributed by atoms with E-state index in [1.165, 1.54) is 18.9 Å². The Morgan fingerprint density at radius 3 is 2.29 bits per heavy atom. The van der Waals surface area contributed by atoms with E-state index in [4.69, 9.17) is 0 Å². The highest BCUT2D eigenvalue weighted by molar-refractivity contribution is 5.88. The summed E-state index contributed by atoms with van der Waals surface area (Å²) >= 11 is 0. The van der Waals surface area contributed by atoms with Crippen molar-refractivity contribution in [2.24, 2.45) is 0 Å². The molecular weight excluding hydrogens is 194 g/mol. The summed E-state index contributed by atoms with van der Waals surface area (Å²) in [6.45, 7) is 3.59. The highest BCUT2D eigenvalue weighted by atomic mass is 19.3. The second-order valence-corrected chi connectivity index (χ2v) is 2.88. The van der Waals surface area contributed by atoms with Gasteiger partial charge in [0.2, 0.25) is 5.91 Å². The summed E-state index contributed by atoms with van der Waals surface area (Å²) in [7, 11) is 1.54. The Morgan fingerprint density at radius 1 is 1.43 bits per heavy atom. The maximum absolute atomic E-state index is 11.8. The van der Waals surface area contributed by atoms with Crippen molar-refractivity contribution in [2.75, 3.05) is 13.6 Å². The number of carbonyl (C=O) groups excluding carboxylic acids is 2. The highest BCUT2D eigenvalue weighted by Gasteiger charge is 2.22. The van der Waals surface area contributed by atoms with Gasteiger partial charge in [0.05, 0.1) is 0 Å². The Bertz CT molecular complexity index is 221. The van der Waals surface area contributed by atoms with Crippen molar-refractivity contribution in [1.82, 2.24) is 10.2 Å². The molecule has 0 radical (unpaired) electrons. The molecule has 2 amide bonds. The summed E-state index contributed by atoms with van der Waals surface area (Å²) in [6.07, 6.45) is -3.09. The molecule has 0 aliphatic carbocycles. The number of hydrogen-bond donors (Lipinski definition) is 1. The third-order valence-corrected chi connectivity index (χ3v) is 1.78. The van der Waals surface area contributed by atoms with Crippen molar-refractivity contribution < 1.29 is 18.4 Å². The van der Waals surface area contributed by atoms with Gasteiger partial charge in [0.1, 0.15) is 6.04 Å². The van der Waals surface area contributed by atoms with Gasteiger partial charge in [-0.25, -0.2) is 0 Å². The maximum Gasteiger partial charge on any atom is 0.315 e. The average molecular weight is 208 g/mol. The summed E-state index contributed by atoms with van der Waals surface area (Å²) in [5.74, 6) is -1.81. The molecular formula is C8H14F2N2O2. The number of hydrogen-bond acceptors (Lipinski definition) is 2. The van der Waals surface area contributed by atoms with Crippen molar-refractivity contribution in [3.8, 4) is 0 Å². The van der Waals surface area contributed by atoms with Gasteiger partial charge in [0, 0.05) is 13.6 Å². The normalized spacial score (nSPS) is 12.4. The third-order valence-electron chi connectivity index (χ3n) is 1.78. The molecule has 0 aliphatic rings. The zero-order chi connectivity index (χ0) is 11.3. The van der Waals surface area contributed by atoms with Crippen molar-refractivity contribution in [3.05, 3.63) is 0 Å². The van der Waals surface area contributed by atoms with Crippen LogP contribution in [0.25, 0.3) is 0 Å². The van der Waals surface area contributed by atoms with Gasteiger partial charge < -0.3 is 10.2 Å². The molecule has 1 atom stereocenters. The lowest BCUT2D eigenvalue weighted by molar-refractivity contribution is -0.138. The van der Waals surface area contributed by atoms with E-state index in [0.29, 0.717) is 6.54 Å². The van der Waals surface area contributed by atoms with Crippen LogP contribution in [0.1, 0.15) is 13.8 Å².